The average molecular weight is 380 g/mol. The number of phenolic OH excluding ortho intramolecular Hbond substituents is 1. The molecule has 0 bridgehead atoms. The van der Waals surface area contributed by atoms with Crippen molar-refractivity contribution >= 4 is 34.6 Å². The molecule has 142 valence electrons. The van der Waals surface area contributed by atoms with Crippen molar-refractivity contribution in [3.8, 4) is 11.5 Å². The van der Waals surface area contributed by atoms with Gasteiger partial charge < -0.3 is 9.84 Å². The van der Waals surface area contributed by atoms with Gasteiger partial charge in [0.2, 0.25) is 0 Å². The van der Waals surface area contributed by atoms with Crippen LogP contribution in [0.3, 0.4) is 0 Å². The van der Waals surface area contributed by atoms with Gasteiger partial charge in [-0.05, 0) is 47.2 Å². The van der Waals surface area contributed by atoms with Gasteiger partial charge in [0, 0.05) is 23.6 Å². The molecule has 0 aromatic heterocycles. The number of hydrogen-bond acceptors (Lipinski definition) is 4. The summed E-state index contributed by atoms with van der Waals surface area (Å²) in [5.41, 5.74) is 3.00. The highest BCUT2D eigenvalue weighted by Crippen LogP contribution is 2.33. The summed E-state index contributed by atoms with van der Waals surface area (Å²) in [5, 5.41) is 12.2. The monoisotopic (exact) mass is 380 g/mol. The summed E-state index contributed by atoms with van der Waals surface area (Å²) in [6.45, 7) is 0. The second-order valence-corrected chi connectivity index (χ2v) is 6.51. The van der Waals surface area contributed by atoms with Gasteiger partial charge >= 0.3 is 0 Å². The molecule has 4 heteroatoms. The summed E-state index contributed by atoms with van der Waals surface area (Å²) in [4.78, 5) is 9.30. The van der Waals surface area contributed by atoms with Crippen molar-refractivity contribution in [1.29, 1.82) is 0 Å². The highest BCUT2D eigenvalue weighted by atomic mass is 16.5. The van der Waals surface area contributed by atoms with E-state index in [1.807, 2.05) is 72.8 Å². The lowest BCUT2D eigenvalue weighted by molar-refractivity contribution is 0.414. The first-order chi connectivity index (χ1) is 14.2. The number of hydrogen-bond donors (Lipinski definition) is 1. The summed E-state index contributed by atoms with van der Waals surface area (Å²) < 4.78 is 5.40. The van der Waals surface area contributed by atoms with Gasteiger partial charge in [0.25, 0.3) is 0 Å². The average Bonchev–Trinajstić information content (AvgIpc) is 2.77. The van der Waals surface area contributed by atoms with Crippen LogP contribution in [0.5, 0.6) is 11.5 Å². The fourth-order valence-electron chi connectivity index (χ4n) is 3.07. The number of aliphatic imine (C=N–C) groups is 2. The van der Waals surface area contributed by atoms with Gasteiger partial charge in [-0.25, -0.2) is 0 Å². The van der Waals surface area contributed by atoms with E-state index in [9.17, 15) is 5.11 Å². The Morgan fingerprint density at radius 1 is 0.690 bits per heavy atom. The molecular formula is C25H20N2O2. The normalized spacial score (nSPS) is 11.5. The Kier molecular flexibility index (Phi) is 5.34. The van der Waals surface area contributed by atoms with Gasteiger partial charge in [-0.1, -0.05) is 48.5 Å². The number of phenols is 1. The van der Waals surface area contributed by atoms with E-state index in [0.29, 0.717) is 5.56 Å². The first kappa shape index (κ1) is 18.4. The quantitative estimate of drug-likeness (QED) is 0.428. The third kappa shape index (κ3) is 4.17. The van der Waals surface area contributed by atoms with Gasteiger partial charge in [0.05, 0.1) is 18.5 Å². The number of ether oxygens (including phenoxy) is 1. The molecule has 0 saturated heterocycles. The molecule has 0 atom stereocenters. The number of nitrogens with zero attached hydrogens (tertiary/aromatic N) is 2. The SMILES string of the molecule is COc1ccccc1C=Nc1cc2ccccc2cc1N=Cc1ccccc1O. The van der Waals surface area contributed by atoms with E-state index in [0.717, 1.165) is 33.5 Å². The van der Waals surface area contributed by atoms with Gasteiger partial charge in [-0.2, -0.15) is 0 Å². The lowest BCUT2D eigenvalue weighted by atomic mass is 10.1. The minimum absolute atomic E-state index is 0.191. The maximum absolute atomic E-state index is 10.0. The molecule has 0 aliphatic heterocycles. The zero-order valence-electron chi connectivity index (χ0n) is 16.0. The Labute approximate surface area is 169 Å². The van der Waals surface area contributed by atoms with E-state index in [1.54, 1.807) is 31.7 Å². The molecule has 4 aromatic carbocycles. The summed E-state index contributed by atoms with van der Waals surface area (Å²) in [5.74, 6) is 0.951. The molecule has 1 N–H and O–H groups in total. The fourth-order valence-corrected chi connectivity index (χ4v) is 3.07. The first-order valence-electron chi connectivity index (χ1n) is 9.26. The summed E-state index contributed by atoms with van der Waals surface area (Å²) in [6, 6.07) is 26.9. The van der Waals surface area contributed by atoms with Crippen LogP contribution in [0.2, 0.25) is 0 Å². The van der Waals surface area contributed by atoms with Crippen molar-refractivity contribution in [2.45, 2.75) is 0 Å². The molecule has 4 nitrogen and oxygen atoms in total. The summed E-state index contributed by atoms with van der Waals surface area (Å²) in [6.07, 6.45) is 3.43. The minimum Gasteiger partial charge on any atom is -0.507 e. The third-order valence-corrected chi connectivity index (χ3v) is 4.60. The Bertz CT molecular complexity index is 1210. The molecule has 0 saturated carbocycles. The van der Waals surface area contributed by atoms with Gasteiger partial charge in [-0.15, -0.1) is 0 Å². The number of aromatic hydroxyl groups is 1. The van der Waals surface area contributed by atoms with E-state index in [4.69, 9.17) is 4.74 Å². The van der Waals surface area contributed by atoms with Crippen LogP contribution >= 0.6 is 0 Å². The van der Waals surface area contributed by atoms with E-state index >= 15 is 0 Å². The largest absolute Gasteiger partial charge is 0.507 e. The van der Waals surface area contributed by atoms with Crippen LogP contribution in [-0.2, 0) is 0 Å². The van der Waals surface area contributed by atoms with Crippen LogP contribution in [-0.4, -0.2) is 24.6 Å². The number of fused-ring (bicyclic) bond motifs is 1. The van der Waals surface area contributed by atoms with Crippen LogP contribution in [0.15, 0.2) is 94.9 Å². The standard InChI is InChI=1S/C25H20N2O2/c1-29-25-13-7-5-11-21(25)17-27-23-15-19-9-3-2-8-18(19)14-22(23)26-16-20-10-4-6-12-24(20)28/h2-17,28H,1H3. The molecule has 0 spiro atoms. The topological polar surface area (TPSA) is 54.2 Å². The predicted molar refractivity (Wildman–Crippen MR) is 120 cm³/mol. The molecule has 0 fully saturated rings. The molecule has 0 aliphatic carbocycles. The van der Waals surface area contributed by atoms with E-state index < -0.39 is 0 Å². The second kappa shape index (κ2) is 8.40. The zero-order valence-corrected chi connectivity index (χ0v) is 16.0. The predicted octanol–water partition coefficient (Wildman–Crippen LogP) is 6.06. The highest BCUT2D eigenvalue weighted by Gasteiger charge is 2.05. The van der Waals surface area contributed by atoms with Crippen molar-refractivity contribution in [2.75, 3.05) is 7.11 Å². The molecule has 4 rings (SSSR count). The summed E-state index contributed by atoms with van der Waals surface area (Å²) in [7, 11) is 1.64. The summed E-state index contributed by atoms with van der Waals surface area (Å²) >= 11 is 0. The zero-order chi connectivity index (χ0) is 20.1. The lowest BCUT2D eigenvalue weighted by Gasteiger charge is -2.06. The van der Waals surface area contributed by atoms with Crippen molar-refractivity contribution in [2.24, 2.45) is 9.98 Å². The van der Waals surface area contributed by atoms with Crippen LogP contribution < -0.4 is 4.74 Å². The van der Waals surface area contributed by atoms with Crippen molar-refractivity contribution < 1.29 is 9.84 Å². The number of benzene rings is 4. The molecule has 0 radical (unpaired) electrons. The van der Waals surface area contributed by atoms with Crippen molar-refractivity contribution in [1.82, 2.24) is 0 Å². The van der Waals surface area contributed by atoms with Crippen molar-refractivity contribution in [3.05, 3.63) is 96.1 Å². The number of methoxy groups -OCH3 is 1. The lowest BCUT2D eigenvalue weighted by Crippen LogP contribution is -1.89. The van der Waals surface area contributed by atoms with Gasteiger partial charge in [0.1, 0.15) is 11.5 Å². The molecule has 0 unspecified atom stereocenters. The van der Waals surface area contributed by atoms with E-state index in [2.05, 4.69) is 9.98 Å². The smallest absolute Gasteiger partial charge is 0.127 e. The van der Waals surface area contributed by atoms with Crippen LogP contribution in [0, 0.1) is 0 Å². The van der Waals surface area contributed by atoms with E-state index in [1.165, 1.54) is 0 Å². The number of rotatable bonds is 5. The number of para-hydroxylation sites is 2. The van der Waals surface area contributed by atoms with Crippen LogP contribution in [0.25, 0.3) is 10.8 Å². The van der Waals surface area contributed by atoms with Gasteiger partial charge in [-0.3, -0.25) is 9.98 Å². The Morgan fingerprint density at radius 3 is 1.83 bits per heavy atom. The van der Waals surface area contributed by atoms with Gasteiger partial charge in [0.15, 0.2) is 0 Å². The van der Waals surface area contributed by atoms with E-state index in [-0.39, 0.29) is 5.75 Å². The highest BCUT2D eigenvalue weighted by molar-refractivity contribution is 5.95. The third-order valence-electron chi connectivity index (χ3n) is 4.60. The maximum Gasteiger partial charge on any atom is 0.127 e. The Morgan fingerprint density at radius 2 is 1.21 bits per heavy atom. The van der Waals surface area contributed by atoms with Crippen molar-refractivity contribution in [3.63, 3.8) is 0 Å². The van der Waals surface area contributed by atoms with Crippen LogP contribution in [0.4, 0.5) is 11.4 Å². The Hall–Kier alpha value is -3.92. The molecule has 29 heavy (non-hydrogen) atoms. The fraction of sp³-hybridized carbons (Fsp3) is 0.0400. The molecular weight excluding hydrogens is 360 g/mol. The molecule has 4 aromatic rings. The van der Waals surface area contributed by atoms with Crippen LogP contribution in [0.1, 0.15) is 11.1 Å². The second-order valence-electron chi connectivity index (χ2n) is 6.51. The first-order valence-corrected chi connectivity index (χ1v) is 9.26. The minimum atomic E-state index is 0.191. The Balaban J connectivity index is 1.78. The molecule has 0 aliphatic rings. The molecule has 0 heterocycles. The maximum atomic E-state index is 10.0. The molecule has 0 amide bonds.